The van der Waals surface area contributed by atoms with E-state index in [-0.39, 0.29) is 0 Å². The van der Waals surface area contributed by atoms with E-state index in [2.05, 4.69) is 4.36 Å². The van der Waals surface area contributed by atoms with Crippen molar-refractivity contribution in [1.82, 2.24) is 0 Å². The van der Waals surface area contributed by atoms with Gasteiger partial charge in [0.2, 0.25) is 0 Å². The molecule has 0 bridgehead atoms. The van der Waals surface area contributed by atoms with Crippen LogP contribution in [0, 0.1) is 0 Å². The quantitative estimate of drug-likeness (QED) is 0.728. The van der Waals surface area contributed by atoms with Crippen molar-refractivity contribution < 1.29 is 8.95 Å². The predicted molar refractivity (Wildman–Crippen MR) is 53.7 cm³/mol. The third-order valence-corrected chi connectivity index (χ3v) is 3.65. The Kier molecular flexibility index (Phi) is 2.93. The lowest BCUT2D eigenvalue weighted by molar-refractivity contribution is 0.413. The molecule has 0 aromatic heterocycles. The van der Waals surface area contributed by atoms with Gasteiger partial charge in [-0.1, -0.05) is 6.07 Å². The summed E-state index contributed by atoms with van der Waals surface area (Å²) in [4.78, 5) is 0.703. The van der Waals surface area contributed by atoms with E-state index in [4.69, 9.17) is 4.74 Å². The van der Waals surface area contributed by atoms with Crippen LogP contribution in [0.2, 0.25) is 0 Å². The lowest BCUT2D eigenvalue weighted by atomic mass is 10.3. The van der Waals surface area contributed by atoms with Gasteiger partial charge < -0.3 is 4.74 Å². The lowest BCUT2D eigenvalue weighted by Crippen LogP contribution is -1.97. The van der Waals surface area contributed by atoms with Gasteiger partial charge in [0.05, 0.1) is 21.7 Å². The molecular weight excluding hydrogens is 186 g/mol. The summed E-state index contributed by atoms with van der Waals surface area (Å²) in [7, 11) is 0.905. The van der Waals surface area contributed by atoms with Crippen molar-refractivity contribution in [2.75, 3.05) is 20.4 Å². The third-order valence-electron chi connectivity index (χ3n) is 1.83. The number of hydrogen-bond acceptors (Lipinski definition) is 3. The first-order chi connectivity index (χ1) is 6.10. The van der Waals surface area contributed by atoms with Gasteiger partial charge in [0.1, 0.15) is 5.75 Å². The average Bonchev–Trinajstić information content (AvgIpc) is 2.18. The Bertz CT molecular complexity index is 406. The zero-order valence-corrected chi connectivity index (χ0v) is 8.80. The molecule has 1 aromatic rings. The normalized spacial score (nSPS) is 14.7. The van der Waals surface area contributed by atoms with Gasteiger partial charge >= 0.3 is 0 Å². The molecule has 0 aliphatic heterocycles. The van der Waals surface area contributed by atoms with E-state index in [9.17, 15) is 4.21 Å². The summed E-state index contributed by atoms with van der Waals surface area (Å²) >= 11 is 0. The molecule has 0 amide bonds. The first-order valence-electron chi connectivity index (χ1n) is 3.84. The monoisotopic (exact) mass is 199 g/mol. The van der Waals surface area contributed by atoms with Crippen molar-refractivity contribution in [3.8, 4) is 5.75 Å². The summed E-state index contributed by atoms with van der Waals surface area (Å²) < 4.78 is 20.7. The Balaban J connectivity index is 3.25. The standard InChI is InChI=1S/C9H13NO2S/c1-10-13(3,11)9-6-4-5-8(7-9)12-2/h4-7H,1-3H3. The minimum absolute atomic E-state index is 0.703. The number of benzene rings is 1. The van der Waals surface area contributed by atoms with E-state index in [1.165, 1.54) is 0 Å². The van der Waals surface area contributed by atoms with E-state index in [0.29, 0.717) is 10.6 Å². The van der Waals surface area contributed by atoms with Crippen LogP contribution < -0.4 is 4.74 Å². The van der Waals surface area contributed by atoms with Crippen LogP contribution in [-0.2, 0) is 9.73 Å². The van der Waals surface area contributed by atoms with Gasteiger partial charge in [-0.3, -0.25) is 0 Å². The maximum atomic E-state index is 11.8. The van der Waals surface area contributed by atoms with Crippen LogP contribution in [0.1, 0.15) is 0 Å². The van der Waals surface area contributed by atoms with E-state index < -0.39 is 9.73 Å². The van der Waals surface area contributed by atoms with E-state index >= 15 is 0 Å². The fourth-order valence-electron chi connectivity index (χ4n) is 0.942. The molecule has 0 spiro atoms. The summed E-state index contributed by atoms with van der Waals surface area (Å²) in [5.74, 6) is 0.704. The highest BCUT2D eigenvalue weighted by Gasteiger charge is 2.04. The molecule has 0 saturated carbocycles. The van der Waals surface area contributed by atoms with Crippen molar-refractivity contribution in [1.29, 1.82) is 0 Å². The summed E-state index contributed by atoms with van der Waals surface area (Å²) in [6.45, 7) is 0. The van der Waals surface area contributed by atoms with Crippen LogP contribution >= 0.6 is 0 Å². The zero-order chi connectivity index (χ0) is 9.90. The molecule has 0 saturated heterocycles. The highest BCUT2D eigenvalue weighted by molar-refractivity contribution is 7.93. The Morgan fingerprint density at radius 3 is 2.69 bits per heavy atom. The Labute approximate surface area is 78.9 Å². The first-order valence-corrected chi connectivity index (χ1v) is 5.77. The minimum Gasteiger partial charge on any atom is -0.497 e. The molecule has 0 heterocycles. The number of ether oxygens (including phenoxy) is 1. The van der Waals surface area contributed by atoms with E-state index in [1.807, 2.05) is 12.1 Å². The van der Waals surface area contributed by atoms with Gasteiger partial charge in [-0.2, -0.15) is 0 Å². The summed E-state index contributed by atoms with van der Waals surface area (Å²) in [6.07, 6.45) is 1.61. The second-order valence-corrected chi connectivity index (χ2v) is 5.11. The highest BCUT2D eigenvalue weighted by atomic mass is 32.2. The largest absolute Gasteiger partial charge is 0.497 e. The molecule has 0 aliphatic rings. The van der Waals surface area contributed by atoms with Crippen LogP contribution in [0.15, 0.2) is 33.5 Å². The van der Waals surface area contributed by atoms with Gasteiger partial charge in [-0.05, 0) is 18.2 Å². The second kappa shape index (κ2) is 3.79. The van der Waals surface area contributed by atoms with Gasteiger partial charge in [0.25, 0.3) is 0 Å². The molecule has 0 fully saturated rings. The fraction of sp³-hybridized carbons (Fsp3) is 0.333. The topological polar surface area (TPSA) is 38.7 Å². The minimum atomic E-state index is -2.24. The number of hydrogen-bond donors (Lipinski definition) is 0. The number of methoxy groups -OCH3 is 1. The molecule has 0 aliphatic carbocycles. The predicted octanol–water partition coefficient (Wildman–Crippen LogP) is 1.78. The van der Waals surface area contributed by atoms with Crippen molar-refractivity contribution in [2.24, 2.45) is 4.36 Å². The average molecular weight is 199 g/mol. The van der Waals surface area contributed by atoms with Gasteiger partial charge in [0.15, 0.2) is 0 Å². The second-order valence-electron chi connectivity index (χ2n) is 2.66. The Morgan fingerprint density at radius 2 is 2.15 bits per heavy atom. The van der Waals surface area contributed by atoms with Crippen molar-refractivity contribution in [2.45, 2.75) is 4.90 Å². The highest BCUT2D eigenvalue weighted by Crippen LogP contribution is 2.17. The third kappa shape index (κ3) is 2.21. The van der Waals surface area contributed by atoms with Crippen molar-refractivity contribution >= 4 is 9.73 Å². The Hall–Kier alpha value is -1.03. The van der Waals surface area contributed by atoms with Crippen LogP contribution in [0.25, 0.3) is 0 Å². The van der Waals surface area contributed by atoms with E-state index in [1.54, 1.807) is 32.5 Å². The van der Waals surface area contributed by atoms with Crippen molar-refractivity contribution in [3.05, 3.63) is 24.3 Å². The van der Waals surface area contributed by atoms with Gasteiger partial charge in [-0.25, -0.2) is 8.57 Å². The number of nitrogens with zero attached hydrogens (tertiary/aromatic N) is 1. The maximum absolute atomic E-state index is 11.8. The molecule has 0 radical (unpaired) electrons. The van der Waals surface area contributed by atoms with Crippen LogP contribution in [0.5, 0.6) is 5.75 Å². The van der Waals surface area contributed by atoms with E-state index in [0.717, 1.165) is 0 Å². The lowest BCUT2D eigenvalue weighted by Gasteiger charge is -2.04. The molecule has 4 heteroatoms. The molecule has 72 valence electrons. The molecule has 3 nitrogen and oxygen atoms in total. The molecule has 1 aromatic carbocycles. The molecule has 1 atom stereocenters. The molecule has 0 N–H and O–H groups in total. The van der Waals surface area contributed by atoms with Crippen LogP contribution in [-0.4, -0.2) is 24.6 Å². The number of rotatable bonds is 2. The van der Waals surface area contributed by atoms with Crippen LogP contribution in [0.3, 0.4) is 0 Å². The summed E-state index contributed by atoms with van der Waals surface area (Å²) in [5, 5.41) is 0. The first kappa shape index (κ1) is 10.1. The summed E-state index contributed by atoms with van der Waals surface area (Å²) in [6, 6.07) is 7.16. The van der Waals surface area contributed by atoms with Gasteiger partial charge in [-0.15, -0.1) is 0 Å². The Morgan fingerprint density at radius 1 is 1.46 bits per heavy atom. The molecule has 1 unspecified atom stereocenters. The molecular formula is C9H13NO2S. The van der Waals surface area contributed by atoms with Crippen LogP contribution in [0.4, 0.5) is 0 Å². The maximum Gasteiger partial charge on any atom is 0.120 e. The van der Waals surface area contributed by atoms with Gasteiger partial charge in [0, 0.05) is 13.3 Å². The smallest absolute Gasteiger partial charge is 0.120 e. The van der Waals surface area contributed by atoms with Crippen molar-refractivity contribution in [3.63, 3.8) is 0 Å². The molecule has 13 heavy (non-hydrogen) atoms. The summed E-state index contributed by atoms with van der Waals surface area (Å²) in [5.41, 5.74) is 0. The molecule has 1 rings (SSSR count). The fourth-order valence-corrected chi connectivity index (χ4v) is 1.82. The zero-order valence-electron chi connectivity index (χ0n) is 7.98. The SMILES string of the molecule is CN=S(C)(=O)c1cccc(OC)c1.